The number of aliphatic imine (C=N–C) groups is 1. The zero-order valence-corrected chi connectivity index (χ0v) is 19.2. The van der Waals surface area contributed by atoms with Gasteiger partial charge in [-0.25, -0.2) is 0 Å². The summed E-state index contributed by atoms with van der Waals surface area (Å²) in [4.78, 5) is 14.0. The molecule has 164 valence electrons. The van der Waals surface area contributed by atoms with E-state index in [-0.39, 0.29) is 0 Å². The van der Waals surface area contributed by atoms with E-state index in [1.54, 1.807) is 0 Å². The number of hydrogen-bond acceptors (Lipinski definition) is 5. The Hall–Kier alpha value is -1.15. The van der Waals surface area contributed by atoms with Gasteiger partial charge in [-0.05, 0) is 70.7 Å². The van der Waals surface area contributed by atoms with E-state index in [0.717, 1.165) is 25.6 Å². The van der Waals surface area contributed by atoms with Crippen LogP contribution < -0.4 is 10.6 Å². The predicted molar refractivity (Wildman–Crippen MR) is 125 cm³/mol. The van der Waals surface area contributed by atoms with E-state index in [1.807, 2.05) is 11.3 Å². The molecule has 0 bridgehead atoms. The largest absolute Gasteiger partial charge is 0.357 e. The smallest absolute Gasteiger partial charge is 0.191 e. The highest BCUT2D eigenvalue weighted by molar-refractivity contribution is 7.10. The molecule has 0 aliphatic carbocycles. The summed E-state index contributed by atoms with van der Waals surface area (Å²) in [5.74, 6) is 0.966. The van der Waals surface area contributed by atoms with Gasteiger partial charge in [-0.3, -0.25) is 9.89 Å². The first-order chi connectivity index (χ1) is 14.3. The Morgan fingerprint density at radius 2 is 1.90 bits per heavy atom. The summed E-state index contributed by atoms with van der Waals surface area (Å²) < 4.78 is 0. The number of nitrogens with one attached hydrogen (secondary N) is 2. The van der Waals surface area contributed by atoms with Gasteiger partial charge < -0.3 is 20.4 Å². The van der Waals surface area contributed by atoms with Crippen LogP contribution in [0.3, 0.4) is 0 Å². The van der Waals surface area contributed by atoms with E-state index in [9.17, 15) is 0 Å². The highest BCUT2D eigenvalue weighted by Crippen LogP contribution is 2.28. The molecule has 0 saturated carbocycles. The fourth-order valence-electron chi connectivity index (χ4n) is 4.18. The number of rotatable bonds is 10. The van der Waals surface area contributed by atoms with Crippen LogP contribution in [-0.2, 0) is 0 Å². The average Bonchev–Trinajstić information content (AvgIpc) is 3.44. The van der Waals surface area contributed by atoms with Crippen LogP contribution in [0.4, 0.5) is 0 Å². The van der Waals surface area contributed by atoms with Gasteiger partial charge in [0, 0.05) is 44.1 Å². The van der Waals surface area contributed by atoms with E-state index in [1.165, 1.54) is 76.4 Å². The van der Waals surface area contributed by atoms with Crippen molar-refractivity contribution in [2.45, 2.75) is 38.6 Å². The van der Waals surface area contributed by atoms with Crippen LogP contribution in [0.25, 0.3) is 0 Å². The lowest BCUT2D eigenvalue weighted by Crippen LogP contribution is -2.44. The number of piperazine rings is 1. The number of nitrogens with zero attached hydrogens (tertiary/aromatic N) is 4. The van der Waals surface area contributed by atoms with Gasteiger partial charge in [0.25, 0.3) is 0 Å². The molecule has 2 aliphatic rings. The SMILES string of the molecule is CCNC(=NCC(c1cccs1)N1CCCC1)NCCCCN1CCN(C)CC1. The summed E-state index contributed by atoms with van der Waals surface area (Å²) in [6.07, 6.45) is 5.08. The van der Waals surface area contributed by atoms with Gasteiger partial charge in [-0.2, -0.15) is 0 Å². The quantitative estimate of drug-likeness (QED) is 0.346. The Kier molecular flexibility index (Phi) is 9.73. The van der Waals surface area contributed by atoms with Crippen molar-refractivity contribution >= 4 is 17.3 Å². The molecule has 1 unspecified atom stereocenters. The van der Waals surface area contributed by atoms with Crippen LogP contribution in [0.1, 0.15) is 43.5 Å². The molecule has 2 fully saturated rings. The van der Waals surface area contributed by atoms with Crippen molar-refractivity contribution in [3.05, 3.63) is 22.4 Å². The zero-order valence-electron chi connectivity index (χ0n) is 18.4. The van der Waals surface area contributed by atoms with E-state index < -0.39 is 0 Å². The highest BCUT2D eigenvalue weighted by atomic mass is 32.1. The molecular weight excluding hydrogens is 380 g/mol. The van der Waals surface area contributed by atoms with Gasteiger partial charge in [0.1, 0.15) is 0 Å². The molecule has 1 atom stereocenters. The molecule has 2 saturated heterocycles. The lowest BCUT2D eigenvalue weighted by Gasteiger charge is -2.32. The molecular formula is C22H40N6S. The average molecular weight is 421 g/mol. The Bertz CT molecular complexity index is 576. The van der Waals surface area contributed by atoms with Gasteiger partial charge >= 0.3 is 0 Å². The van der Waals surface area contributed by atoms with Crippen molar-refractivity contribution in [3.8, 4) is 0 Å². The van der Waals surface area contributed by atoms with Gasteiger partial charge in [0.05, 0.1) is 12.6 Å². The van der Waals surface area contributed by atoms with Crippen molar-refractivity contribution in [1.29, 1.82) is 0 Å². The molecule has 2 N–H and O–H groups in total. The van der Waals surface area contributed by atoms with Gasteiger partial charge in [-0.1, -0.05) is 6.07 Å². The lowest BCUT2D eigenvalue weighted by atomic mass is 10.2. The van der Waals surface area contributed by atoms with Crippen LogP contribution in [0, 0.1) is 0 Å². The summed E-state index contributed by atoms with van der Waals surface area (Å²) in [5, 5.41) is 9.17. The minimum atomic E-state index is 0.421. The van der Waals surface area contributed by atoms with Gasteiger partial charge in [0.15, 0.2) is 5.96 Å². The van der Waals surface area contributed by atoms with Crippen molar-refractivity contribution < 1.29 is 0 Å². The fourth-order valence-corrected chi connectivity index (χ4v) is 5.03. The van der Waals surface area contributed by atoms with E-state index in [4.69, 9.17) is 4.99 Å². The minimum Gasteiger partial charge on any atom is -0.357 e. The molecule has 1 aromatic rings. The van der Waals surface area contributed by atoms with Gasteiger partial charge in [-0.15, -0.1) is 11.3 Å². The maximum absolute atomic E-state index is 4.95. The van der Waals surface area contributed by atoms with Crippen LogP contribution in [0.15, 0.2) is 22.5 Å². The molecule has 3 heterocycles. The van der Waals surface area contributed by atoms with Crippen molar-refractivity contribution in [2.75, 3.05) is 72.5 Å². The molecule has 1 aromatic heterocycles. The first-order valence-corrected chi connectivity index (χ1v) is 12.3. The molecule has 0 amide bonds. The molecule has 0 radical (unpaired) electrons. The number of guanidine groups is 1. The number of likely N-dealkylation sites (tertiary alicyclic amines) is 1. The standard InChI is InChI=1S/C22H40N6S/c1-3-23-22(24-10-4-5-11-27-16-14-26(2)15-17-27)25-19-20(21-9-8-18-29-21)28-12-6-7-13-28/h8-9,18,20H,3-7,10-17,19H2,1-2H3,(H2,23,24,25). The Balaban J connectivity index is 1.42. The normalized spacial score (nSPS) is 20.8. The topological polar surface area (TPSA) is 46.1 Å². The molecule has 2 aliphatic heterocycles. The highest BCUT2D eigenvalue weighted by Gasteiger charge is 2.24. The molecule has 0 spiro atoms. The second-order valence-corrected chi connectivity index (χ2v) is 9.25. The van der Waals surface area contributed by atoms with Crippen LogP contribution >= 0.6 is 11.3 Å². The third kappa shape index (κ3) is 7.55. The van der Waals surface area contributed by atoms with Crippen LogP contribution in [0.2, 0.25) is 0 Å². The maximum atomic E-state index is 4.95. The zero-order chi connectivity index (χ0) is 20.3. The number of thiophene rings is 1. The fraction of sp³-hybridized carbons (Fsp3) is 0.773. The molecule has 6 nitrogen and oxygen atoms in total. The monoisotopic (exact) mass is 420 g/mol. The Morgan fingerprint density at radius 3 is 2.59 bits per heavy atom. The lowest BCUT2D eigenvalue weighted by molar-refractivity contribution is 0.152. The summed E-state index contributed by atoms with van der Waals surface area (Å²) >= 11 is 1.86. The molecule has 7 heteroatoms. The van der Waals surface area contributed by atoms with Gasteiger partial charge in [0.2, 0.25) is 0 Å². The summed E-state index contributed by atoms with van der Waals surface area (Å²) in [6.45, 7) is 13.3. The van der Waals surface area contributed by atoms with E-state index >= 15 is 0 Å². The first kappa shape index (κ1) is 22.5. The van der Waals surface area contributed by atoms with Crippen molar-refractivity contribution in [3.63, 3.8) is 0 Å². The number of likely N-dealkylation sites (N-methyl/N-ethyl adjacent to an activating group) is 1. The van der Waals surface area contributed by atoms with Crippen LogP contribution in [0.5, 0.6) is 0 Å². The first-order valence-electron chi connectivity index (χ1n) is 11.5. The predicted octanol–water partition coefficient (Wildman–Crippen LogP) is 2.47. The maximum Gasteiger partial charge on any atom is 0.191 e. The summed E-state index contributed by atoms with van der Waals surface area (Å²) in [7, 11) is 2.22. The molecule has 0 aromatic carbocycles. The number of unbranched alkanes of at least 4 members (excludes halogenated alkanes) is 1. The Labute approximate surface area is 181 Å². The second kappa shape index (κ2) is 12.5. The van der Waals surface area contributed by atoms with E-state index in [2.05, 4.69) is 56.8 Å². The van der Waals surface area contributed by atoms with Crippen molar-refractivity contribution in [1.82, 2.24) is 25.3 Å². The van der Waals surface area contributed by atoms with E-state index in [0.29, 0.717) is 6.04 Å². The third-order valence-corrected chi connectivity index (χ3v) is 6.98. The summed E-state index contributed by atoms with van der Waals surface area (Å²) in [6, 6.07) is 4.85. The number of hydrogen-bond donors (Lipinski definition) is 2. The summed E-state index contributed by atoms with van der Waals surface area (Å²) in [5.41, 5.74) is 0. The van der Waals surface area contributed by atoms with Crippen molar-refractivity contribution in [2.24, 2.45) is 4.99 Å². The minimum absolute atomic E-state index is 0.421. The molecule has 3 rings (SSSR count). The van der Waals surface area contributed by atoms with Crippen LogP contribution in [-0.4, -0.2) is 93.2 Å². The second-order valence-electron chi connectivity index (χ2n) is 8.27. The molecule has 29 heavy (non-hydrogen) atoms. The Morgan fingerprint density at radius 1 is 1.10 bits per heavy atom. The third-order valence-electron chi connectivity index (χ3n) is 6.01.